The zero-order chi connectivity index (χ0) is 12.0. The summed E-state index contributed by atoms with van der Waals surface area (Å²) >= 11 is 0. The number of hydrogen-bond donors (Lipinski definition) is 1. The van der Waals surface area contributed by atoms with Crippen LogP contribution in [0.1, 0.15) is 19.4 Å². The molecule has 0 amide bonds. The first kappa shape index (κ1) is 12.5. The van der Waals surface area contributed by atoms with Gasteiger partial charge in [-0.3, -0.25) is 0 Å². The van der Waals surface area contributed by atoms with Crippen molar-refractivity contribution in [2.75, 3.05) is 6.61 Å². The van der Waals surface area contributed by atoms with E-state index in [1.165, 1.54) is 0 Å². The molecule has 1 unspecified atom stereocenters. The van der Waals surface area contributed by atoms with Crippen molar-refractivity contribution in [1.29, 1.82) is 0 Å². The number of benzene rings is 1. The number of carbonyl (C=O) groups excluding carboxylic acids is 1. The van der Waals surface area contributed by atoms with Crippen molar-refractivity contribution in [3.8, 4) is 5.75 Å². The smallest absolute Gasteiger partial charge is 0.347 e. The Morgan fingerprint density at radius 1 is 1.44 bits per heavy atom. The van der Waals surface area contributed by atoms with Crippen LogP contribution < -0.4 is 10.5 Å². The molecule has 16 heavy (non-hydrogen) atoms. The summed E-state index contributed by atoms with van der Waals surface area (Å²) in [6.45, 7) is 4.15. The summed E-state index contributed by atoms with van der Waals surface area (Å²) in [6.07, 6.45) is -0.618. The molecule has 0 aromatic heterocycles. The van der Waals surface area contributed by atoms with Gasteiger partial charge in [-0.25, -0.2) is 4.79 Å². The standard InChI is InChI=1S/C12H17NO3/c1-3-15-12(14)9(2)16-11-7-5-4-6-10(11)8-13/h4-7,9H,3,8,13H2,1-2H3. The van der Waals surface area contributed by atoms with E-state index < -0.39 is 6.10 Å². The van der Waals surface area contributed by atoms with Crippen LogP contribution in [0, 0.1) is 0 Å². The maximum Gasteiger partial charge on any atom is 0.347 e. The Kier molecular flexibility index (Phi) is 4.79. The monoisotopic (exact) mass is 223 g/mol. The third-order valence-corrected chi connectivity index (χ3v) is 2.11. The van der Waals surface area contributed by atoms with Crippen molar-refractivity contribution in [1.82, 2.24) is 0 Å². The van der Waals surface area contributed by atoms with Crippen molar-refractivity contribution in [2.45, 2.75) is 26.5 Å². The van der Waals surface area contributed by atoms with Crippen LogP contribution in [0.2, 0.25) is 0 Å². The van der Waals surface area contributed by atoms with E-state index in [4.69, 9.17) is 15.2 Å². The van der Waals surface area contributed by atoms with Gasteiger partial charge in [-0.2, -0.15) is 0 Å². The first-order valence-electron chi connectivity index (χ1n) is 5.30. The van der Waals surface area contributed by atoms with Crippen molar-refractivity contribution in [3.63, 3.8) is 0 Å². The zero-order valence-corrected chi connectivity index (χ0v) is 9.60. The number of carbonyl (C=O) groups is 1. The fourth-order valence-corrected chi connectivity index (χ4v) is 1.29. The number of para-hydroxylation sites is 1. The van der Waals surface area contributed by atoms with Gasteiger partial charge in [0, 0.05) is 12.1 Å². The van der Waals surface area contributed by atoms with Gasteiger partial charge >= 0.3 is 5.97 Å². The van der Waals surface area contributed by atoms with E-state index >= 15 is 0 Å². The molecule has 4 nitrogen and oxygen atoms in total. The maximum atomic E-state index is 11.4. The summed E-state index contributed by atoms with van der Waals surface area (Å²) in [4.78, 5) is 11.4. The van der Waals surface area contributed by atoms with Crippen molar-refractivity contribution >= 4 is 5.97 Å². The molecule has 0 radical (unpaired) electrons. The first-order valence-corrected chi connectivity index (χ1v) is 5.30. The molecule has 1 rings (SSSR count). The summed E-state index contributed by atoms with van der Waals surface area (Å²) in [6, 6.07) is 7.38. The van der Waals surface area contributed by atoms with E-state index in [0.29, 0.717) is 18.9 Å². The van der Waals surface area contributed by atoms with Crippen molar-refractivity contribution < 1.29 is 14.3 Å². The highest BCUT2D eigenvalue weighted by molar-refractivity contribution is 5.74. The Morgan fingerprint density at radius 3 is 2.75 bits per heavy atom. The third-order valence-electron chi connectivity index (χ3n) is 2.11. The minimum atomic E-state index is -0.618. The number of rotatable bonds is 5. The van der Waals surface area contributed by atoms with Gasteiger partial charge in [0.2, 0.25) is 0 Å². The molecule has 1 aromatic carbocycles. The highest BCUT2D eigenvalue weighted by atomic mass is 16.6. The summed E-state index contributed by atoms with van der Waals surface area (Å²) < 4.78 is 10.4. The van der Waals surface area contributed by atoms with Gasteiger partial charge in [0.15, 0.2) is 6.10 Å². The van der Waals surface area contributed by atoms with E-state index in [1.54, 1.807) is 19.9 Å². The molecule has 0 aliphatic carbocycles. The fraction of sp³-hybridized carbons (Fsp3) is 0.417. The van der Waals surface area contributed by atoms with Crippen LogP contribution in [0.25, 0.3) is 0 Å². The summed E-state index contributed by atoms with van der Waals surface area (Å²) in [7, 11) is 0. The van der Waals surface area contributed by atoms with E-state index in [9.17, 15) is 4.79 Å². The van der Waals surface area contributed by atoms with Gasteiger partial charge in [0.05, 0.1) is 6.61 Å². The van der Waals surface area contributed by atoms with Crippen LogP contribution >= 0.6 is 0 Å². The second-order valence-electron chi connectivity index (χ2n) is 3.32. The van der Waals surface area contributed by atoms with Crippen LogP contribution in [0.4, 0.5) is 0 Å². The van der Waals surface area contributed by atoms with Crippen LogP contribution in [0.3, 0.4) is 0 Å². The van der Waals surface area contributed by atoms with E-state index in [1.807, 2.05) is 18.2 Å². The van der Waals surface area contributed by atoms with Gasteiger partial charge < -0.3 is 15.2 Å². The van der Waals surface area contributed by atoms with E-state index in [0.717, 1.165) is 5.56 Å². The average Bonchev–Trinajstić information content (AvgIpc) is 2.30. The number of ether oxygens (including phenoxy) is 2. The molecule has 4 heteroatoms. The van der Waals surface area contributed by atoms with Gasteiger partial charge in [0.1, 0.15) is 5.75 Å². The molecule has 0 saturated carbocycles. The normalized spacial score (nSPS) is 11.9. The predicted molar refractivity (Wildman–Crippen MR) is 61.1 cm³/mol. The van der Waals surface area contributed by atoms with Crippen LogP contribution in [0.5, 0.6) is 5.75 Å². The zero-order valence-electron chi connectivity index (χ0n) is 9.60. The number of esters is 1. The molecular formula is C12H17NO3. The molecule has 0 bridgehead atoms. The third kappa shape index (κ3) is 3.24. The lowest BCUT2D eigenvalue weighted by molar-refractivity contribution is -0.150. The average molecular weight is 223 g/mol. The number of nitrogens with two attached hydrogens (primary N) is 1. The lowest BCUT2D eigenvalue weighted by atomic mass is 10.2. The van der Waals surface area contributed by atoms with E-state index in [2.05, 4.69) is 0 Å². The molecule has 1 aromatic rings. The van der Waals surface area contributed by atoms with Crippen LogP contribution in [0.15, 0.2) is 24.3 Å². The first-order chi connectivity index (χ1) is 7.69. The number of hydrogen-bond acceptors (Lipinski definition) is 4. The minimum absolute atomic E-state index is 0.352. The highest BCUT2D eigenvalue weighted by Gasteiger charge is 2.16. The molecular weight excluding hydrogens is 206 g/mol. The largest absolute Gasteiger partial charge is 0.479 e. The lowest BCUT2D eigenvalue weighted by Gasteiger charge is -2.15. The Morgan fingerprint density at radius 2 is 2.12 bits per heavy atom. The molecule has 0 aliphatic heterocycles. The quantitative estimate of drug-likeness (QED) is 0.768. The van der Waals surface area contributed by atoms with Gasteiger partial charge in [-0.05, 0) is 19.9 Å². The Balaban J connectivity index is 2.68. The maximum absolute atomic E-state index is 11.4. The van der Waals surface area contributed by atoms with E-state index in [-0.39, 0.29) is 5.97 Å². The van der Waals surface area contributed by atoms with Gasteiger partial charge in [-0.1, -0.05) is 18.2 Å². The summed E-state index contributed by atoms with van der Waals surface area (Å²) in [5.74, 6) is 0.264. The fourth-order valence-electron chi connectivity index (χ4n) is 1.29. The Labute approximate surface area is 95.3 Å². The Hall–Kier alpha value is -1.55. The van der Waals surface area contributed by atoms with Gasteiger partial charge in [0.25, 0.3) is 0 Å². The SMILES string of the molecule is CCOC(=O)C(C)Oc1ccccc1CN. The molecule has 1 atom stereocenters. The Bertz CT molecular complexity index is 352. The molecule has 0 fully saturated rings. The van der Waals surface area contributed by atoms with Crippen molar-refractivity contribution in [2.24, 2.45) is 5.73 Å². The topological polar surface area (TPSA) is 61.5 Å². The predicted octanol–water partition coefficient (Wildman–Crippen LogP) is 1.48. The summed E-state index contributed by atoms with van der Waals surface area (Å²) in [5, 5.41) is 0. The second kappa shape index (κ2) is 6.12. The second-order valence-corrected chi connectivity index (χ2v) is 3.32. The molecule has 2 N–H and O–H groups in total. The minimum Gasteiger partial charge on any atom is -0.479 e. The highest BCUT2D eigenvalue weighted by Crippen LogP contribution is 2.18. The molecule has 0 spiro atoms. The van der Waals surface area contributed by atoms with Crippen LogP contribution in [-0.2, 0) is 16.1 Å². The lowest BCUT2D eigenvalue weighted by Crippen LogP contribution is -2.26. The molecule has 0 aliphatic rings. The molecule has 0 saturated heterocycles. The molecule has 0 heterocycles. The van der Waals surface area contributed by atoms with Crippen LogP contribution in [-0.4, -0.2) is 18.7 Å². The van der Waals surface area contributed by atoms with Crippen molar-refractivity contribution in [3.05, 3.63) is 29.8 Å². The van der Waals surface area contributed by atoms with Gasteiger partial charge in [-0.15, -0.1) is 0 Å². The summed E-state index contributed by atoms with van der Waals surface area (Å²) in [5.41, 5.74) is 6.44. The molecule has 88 valence electrons.